The maximum Gasteiger partial charge on any atom is 0.191 e. The van der Waals surface area contributed by atoms with Gasteiger partial charge in [0, 0.05) is 65.1 Å². The fourth-order valence-electron chi connectivity index (χ4n) is 3.78. The van der Waals surface area contributed by atoms with Gasteiger partial charge in [0.25, 0.3) is 0 Å². The lowest BCUT2D eigenvalue weighted by atomic mass is 10.1. The van der Waals surface area contributed by atoms with Crippen molar-refractivity contribution >= 4 is 35.8 Å². The lowest BCUT2D eigenvalue weighted by Crippen LogP contribution is -2.36. The van der Waals surface area contributed by atoms with Crippen molar-refractivity contribution in [3.05, 3.63) is 53.2 Å². The second-order valence-electron chi connectivity index (χ2n) is 8.16. The molecule has 1 saturated heterocycles. The number of anilines is 1. The van der Waals surface area contributed by atoms with E-state index in [1.54, 1.807) is 14.2 Å². The van der Waals surface area contributed by atoms with E-state index in [-0.39, 0.29) is 24.0 Å². The second-order valence-corrected chi connectivity index (χ2v) is 8.16. The largest absolute Gasteiger partial charge is 0.493 e. The number of methoxy groups -OCH3 is 1. The summed E-state index contributed by atoms with van der Waals surface area (Å²) in [5, 5.41) is 6.82. The summed E-state index contributed by atoms with van der Waals surface area (Å²) in [6.45, 7) is 6.93. The molecule has 2 aromatic rings. The van der Waals surface area contributed by atoms with Crippen LogP contribution in [0.15, 0.2) is 41.5 Å². The number of nitrogens with one attached hydrogen (secondary N) is 2. The number of hydrogen-bond donors (Lipinski definition) is 2. The predicted octanol–water partition coefficient (Wildman–Crippen LogP) is 4.28. The Balaban J connectivity index is 0.00000385. The van der Waals surface area contributed by atoms with Crippen LogP contribution in [0.5, 0.6) is 5.75 Å². The van der Waals surface area contributed by atoms with Crippen molar-refractivity contribution in [2.24, 2.45) is 4.99 Å². The van der Waals surface area contributed by atoms with Crippen molar-refractivity contribution < 1.29 is 9.47 Å². The molecule has 0 spiro atoms. The molecule has 2 N–H and O–H groups in total. The zero-order valence-corrected chi connectivity index (χ0v) is 22.4. The number of benzene rings is 1. The van der Waals surface area contributed by atoms with Crippen LogP contribution in [-0.4, -0.2) is 51.4 Å². The van der Waals surface area contributed by atoms with E-state index in [4.69, 9.17) is 9.47 Å². The summed E-state index contributed by atoms with van der Waals surface area (Å²) in [6.07, 6.45) is 6.58. The van der Waals surface area contributed by atoms with Crippen LogP contribution in [0.3, 0.4) is 0 Å². The Morgan fingerprint density at radius 2 is 1.85 bits per heavy atom. The van der Waals surface area contributed by atoms with Gasteiger partial charge in [-0.1, -0.05) is 12.1 Å². The van der Waals surface area contributed by atoms with E-state index in [0.717, 1.165) is 42.6 Å². The SMILES string of the molecule is CN=C(NCc1ccnc(N2CCCCC2)c1)NCc1ccc(C)cc1OCCCOC.I. The third kappa shape index (κ3) is 9.00. The summed E-state index contributed by atoms with van der Waals surface area (Å²) >= 11 is 0. The van der Waals surface area contributed by atoms with Crippen LogP contribution in [-0.2, 0) is 17.8 Å². The van der Waals surface area contributed by atoms with Crippen molar-refractivity contribution in [2.75, 3.05) is 45.4 Å². The summed E-state index contributed by atoms with van der Waals surface area (Å²) in [6, 6.07) is 10.5. The van der Waals surface area contributed by atoms with Gasteiger partial charge in [-0.25, -0.2) is 4.98 Å². The quantitative estimate of drug-likeness (QED) is 0.193. The zero-order valence-electron chi connectivity index (χ0n) is 20.1. The number of ether oxygens (including phenoxy) is 2. The van der Waals surface area contributed by atoms with Gasteiger partial charge >= 0.3 is 0 Å². The van der Waals surface area contributed by atoms with Crippen LogP contribution in [0.4, 0.5) is 5.82 Å². The molecule has 1 aromatic heterocycles. The first-order valence-electron chi connectivity index (χ1n) is 11.6. The molecule has 182 valence electrons. The smallest absolute Gasteiger partial charge is 0.191 e. The van der Waals surface area contributed by atoms with Crippen molar-refractivity contribution in [1.82, 2.24) is 15.6 Å². The Kier molecular flexibility index (Phi) is 12.3. The fourth-order valence-corrected chi connectivity index (χ4v) is 3.78. The highest BCUT2D eigenvalue weighted by Crippen LogP contribution is 2.21. The molecular formula is C25H38IN5O2. The first kappa shape index (κ1) is 27.2. The molecule has 0 atom stereocenters. The molecule has 1 aromatic carbocycles. The molecule has 1 aliphatic heterocycles. The molecule has 0 saturated carbocycles. The van der Waals surface area contributed by atoms with Gasteiger partial charge in [-0.2, -0.15) is 0 Å². The number of aryl methyl sites for hydroxylation is 1. The molecule has 3 rings (SSSR count). The first-order valence-corrected chi connectivity index (χ1v) is 11.6. The lowest BCUT2D eigenvalue weighted by molar-refractivity contribution is 0.171. The van der Waals surface area contributed by atoms with E-state index < -0.39 is 0 Å². The number of guanidine groups is 1. The van der Waals surface area contributed by atoms with E-state index in [9.17, 15) is 0 Å². The van der Waals surface area contributed by atoms with E-state index in [1.807, 2.05) is 6.20 Å². The molecule has 0 unspecified atom stereocenters. The molecule has 0 amide bonds. The van der Waals surface area contributed by atoms with E-state index >= 15 is 0 Å². The Bertz CT molecular complexity index is 872. The number of pyridine rings is 1. The molecule has 2 heterocycles. The fraction of sp³-hybridized carbons (Fsp3) is 0.520. The number of nitrogens with zero attached hydrogens (tertiary/aromatic N) is 3. The van der Waals surface area contributed by atoms with E-state index in [1.165, 1.54) is 30.4 Å². The Labute approximate surface area is 215 Å². The maximum atomic E-state index is 5.99. The van der Waals surface area contributed by atoms with Crippen LogP contribution in [0.25, 0.3) is 0 Å². The van der Waals surface area contributed by atoms with Crippen LogP contribution in [0.1, 0.15) is 42.4 Å². The molecule has 0 radical (unpaired) electrons. The van der Waals surface area contributed by atoms with Gasteiger partial charge < -0.3 is 25.0 Å². The average molecular weight is 568 g/mol. The minimum Gasteiger partial charge on any atom is -0.493 e. The highest BCUT2D eigenvalue weighted by molar-refractivity contribution is 14.0. The van der Waals surface area contributed by atoms with Crippen LogP contribution in [0, 0.1) is 6.92 Å². The van der Waals surface area contributed by atoms with Gasteiger partial charge in [-0.05, 0) is 55.5 Å². The Morgan fingerprint density at radius 1 is 1.06 bits per heavy atom. The number of rotatable bonds is 10. The summed E-state index contributed by atoms with van der Waals surface area (Å²) in [7, 11) is 3.50. The standard InChI is InChI=1S/C25H37N5O2.HI/c1-20-8-9-22(23(16-20)32-15-7-14-31-3)19-29-25(26-2)28-18-21-10-11-27-24(17-21)30-12-5-4-6-13-30;/h8-11,16-17H,4-7,12-15,18-19H2,1-3H3,(H2,26,28,29);1H. The highest BCUT2D eigenvalue weighted by Gasteiger charge is 2.12. The van der Waals surface area contributed by atoms with Crippen molar-refractivity contribution in [3.63, 3.8) is 0 Å². The van der Waals surface area contributed by atoms with Gasteiger partial charge in [0.2, 0.25) is 0 Å². The van der Waals surface area contributed by atoms with Crippen LogP contribution in [0.2, 0.25) is 0 Å². The first-order chi connectivity index (χ1) is 15.7. The third-order valence-corrected chi connectivity index (χ3v) is 5.59. The number of halogens is 1. The molecular weight excluding hydrogens is 529 g/mol. The number of aromatic nitrogens is 1. The lowest BCUT2D eigenvalue weighted by Gasteiger charge is -2.28. The maximum absolute atomic E-state index is 5.99. The molecule has 1 fully saturated rings. The third-order valence-electron chi connectivity index (χ3n) is 5.59. The second kappa shape index (κ2) is 15.0. The highest BCUT2D eigenvalue weighted by atomic mass is 127. The minimum absolute atomic E-state index is 0. The molecule has 33 heavy (non-hydrogen) atoms. The molecule has 8 heteroatoms. The molecule has 0 bridgehead atoms. The topological polar surface area (TPSA) is 71.0 Å². The summed E-state index contributed by atoms with van der Waals surface area (Å²) < 4.78 is 11.1. The van der Waals surface area contributed by atoms with Crippen LogP contribution < -0.4 is 20.3 Å². The van der Waals surface area contributed by atoms with Gasteiger partial charge in [0.1, 0.15) is 11.6 Å². The average Bonchev–Trinajstić information content (AvgIpc) is 2.83. The van der Waals surface area contributed by atoms with Gasteiger partial charge in [0.15, 0.2) is 5.96 Å². The number of aliphatic imine (C=N–C) groups is 1. The predicted molar refractivity (Wildman–Crippen MR) is 146 cm³/mol. The van der Waals surface area contributed by atoms with E-state index in [2.05, 4.69) is 62.8 Å². The summed E-state index contributed by atoms with van der Waals surface area (Å²) in [5.41, 5.74) is 3.48. The Hall–Kier alpha value is -2.07. The van der Waals surface area contributed by atoms with Gasteiger partial charge in [-0.15, -0.1) is 24.0 Å². The number of hydrogen-bond acceptors (Lipinski definition) is 5. The summed E-state index contributed by atoms with van der Waals surface area (Å²) in [5.74, 6) is 2.73. The summed E-state index contributed by atoms with van der Waals surface area (Å²) in [4.78, 5) is 11.3. The van der Waals surface area contributed by atoms with Crippen molar-refractivity contribution in [3.8, 4) is 5.75 Å². The van der Waals surface area contributed by atoms with Crippen LogP contribution >= 0.6 is 24.0 Å². The molecule has 1 aliphatic rings. The monoisotopic (exact) mass is 567 g/mol. The molecule has 0 aliphatic carbocycles. The zero-order chi connectivity index (χ0) is 22.6. The normalized spacial score (nSPS) is 13.9. The van der Waals surface area contributed by atoms with Crippen molar-refractivity contribution in [1.29, 1.82) is 0 Å². The van der Waals surface area contributed by atoms with E-state index in [0.29, 0.717) is 26.3 Å². The van der Waals surface area contributed by atoms with Crippen molar-refractivity contribution in [2.45, 2.75) is 45.7 Å². The minimum atomic E-state index is 0. The molecule has 7 nitrogen and oxygen atoms in total. The Morgan fingerprint density at radius 3 is 2.61 bits per heavy atom. The number of piperidine rings is 1. The van der Waals surface area contributed by atoms with Gasteiger partial charge in [0.05, 0.1) is 6.61 Å². The van der Waals surface area contributed by atoms with Gasteiger partial charge in [-0.3, -0.25) is 4.99 Å².